The minimum atomic E-state index is -2.70. The van der Waals surface area contributed by atoms with Crippen molar-refractivity contribution in [2.45, 2.75) is 26.2 Å². The van der Waals surface area contributed by atoms with Crippen molar-refractivity contribution in [2.75, 3.05) is 31.5 Å². The van der Waals surface area contributed by atoms with Gasteiger partial charge in [-0.1, -0.05) is 6.85 Å². The van der Waals surface area contributed by atoms with E-state index in [1.165, 1.54) is 11.2 Å². The number of amides is 1. The van der Waals surface area contributed by atoms with Gasteiger partial charge in [0.25, 0.3) is 6.50 Å². The van der Waals surface area contributed by atoms with E-state index in [9.17, 15) is 4.79 Å². The summed E-state index contributed by atoms with van der Waals surface area (Å²) in [5, 5.41) is 0.446. The number of carbonyl (C=O) groups excluding carboxylic acids is 1. The molecular formula is C17H22N6O. The Morgan fingerprint density at radius 2 is 2.54 bits per heavy atom. The molecule has 0 bridgehead atoms. The number of aromatic nitrogens is 3. The number of likely N-dealkylation sites (tertiary alicyclic amines) is 1. The van der Waals surface area contributed by atoms with Crippen LogP contribution in [0.2, 0.25) is 0 Å². The van der Waals surface area contributed by atoms with E-state index >= 15 is 0 Å². The number of likely N-dealkylation sites (N-methyl/N-ethyl adjacent to an activating group) is 1. The summed E-state index contributed by atoms with van der Waals surface area (Å²) in [6.45, 7) is 3.63. The Hall–Kier alpha value is -2.62. The van der Waals surface area contributed by atoms with Gasteiger partial charge in [0.2, 0.25) is 0 Å². The summed E-state index contributed by atoms with van der Waals surface area (Å²) in [6, 6.07) is -0.518. The van der Waals surface area contributed by atoms with Crippen LogP contribution in [0.5, 0.6) is 0 Å². The molecule has 24 heavy (non-hydrogen) atoms. The van der Waals surface area contributed by atoms with E-state index in [0.717, 1.165) is 0 Å². The molecule has 0 unspecified atom stereocenters. The minimum Gasteiger partial charge on any atom is -0.354 e. The van der Waals surface area contributed by atoms with Crippen LogP contribution in [0.4, 0.5) is 5.82 Å². The normalized spacial score (nSPS) is 25.6. The Balaban J connectivity index is 2.03. The zero-order chi connectivity index (χ0) is 22.4. The van der Waals surface area contributed by atoms with Crippen molar-refractivity contribution < 1.29 is 13.0 Å². The summed E-state index contributed by atoms with van der Waals surface area (Å²) in [4.78, 5) is 29.5. The molecule has 3 rings (SSSR count). The van der Waals surface area contributed by atoms with Crippen LogP contribution >= 0.6 is 0 Å². The predicted octanol–water partition coefficient (Wildman–Crippen LogP) is 1.86. The Morgan fingerprint density at radius 1 is 1.71 bits per heavy atom. The maximum Gasteiger partial charge on any atom is 0.302 e. The third kappa shape index (κ3) is 2.92. The lowest BCUT2D eigenvalue weighted by Gasteiger charge is -2.41. The molecule has 1 fully saturated rings. The van der Waals surface area contributed by atoms with Crippen LogP contribution in [-0.2, 0) is 4.79 Å². The molecule has 126 valence electrons. The fourth-order valence-electron chi connectivity index (χ4n) is 3.03. The number of aryl methyl sites for hydroxylation is 1. The quantitative estimate of drug-likeness (QED) is 0.871. The van der Waals surface area contributed by atoms with Gasteiger partial charge in [-0.2, -0.15) is 0 Å². The molecule has 2 atom stereocenters. The van der Waals surface area contributed by atoms with Crippen LogP contribution in [0, 0.1) is 19.4 Å². The number of hydrogen-bond donors (Lipinski definition) is 1. The highest BCUT2D eigenvalue weighted by Crippen LogP contribution is 2.29. The first-order valence-electron chi connectivity index (χ1n) is 10.6. The second-order valence-corrected chi connectivity index (χ2v) is 5.84. The second-order valence-electron chi connectivity index (χ2n) is 5.84. The topological polar surface area (TPSA) is 69.5 Å². The molecule has 2 aromatic rings. The van der Waals surface area contributed by atoms with Crippen molar-refractivity contribution in [2.24, 2.45) is 5.92 Å². The number of piperidine rings is 1. The monoisotopic (exact) mass is 332 g/mol. The number of H-pyrrole nitrogens is 1. The van der Waals surface area contributed by atoms with Gasteiger partial charge in [-0.25, -0.2) is 16.5 Å². The van der Waals surface area contributed by atoms with E-state index in [-0.39, 0.29) is 25.6 Å². The second kappa shape index (κ2) is 6.48. The highest BCUT2D eigenvalue weighted by molar-refractivity contribution is 5.88. The highest BCUT2D eigenvalue weighted by atomic mass is 16.2. The van der Waals surface area contributed by atoms with E-state index in [1.54, 1.807) is 18.9 Å². The fraction of sp³-hybridized carbons (Fsp3) is 0.529. The van der Waals surface area contributed by atoms with Crippen LogP contribution in [0.15, 0.2) is 12.4 Å². The first-order chi connectivity index (χ1) is 13.9. The molecule has 0 aliphatic carbocycles. The molecule has 1 aliphatic rings. The molecule has 1 N–H and O–H groups in total. The van der Waals surface area contributed by atoms with E-state index in [1.807, 2.05) is 0 Å². The summed E-state index contributed by atoms with van der Waals surface area (Å²) < 4.78 is 47.4. The number of nitrogens with one attached hydrogen (secondary N) is 1. The summed E-state index contributed by atoms with van der Waals surface area (Å²) in [6.07, 6.45) is 1.44. The van der Waals surface area contributed by atoms with E-state index < -0.39 is 31.2 Å². The van der Waals surface area contributed by atoms with Crippen LogP contribution in [0.3, 0.4) is 0 Å². The smallest absolute Gasteiger partial charge is 0.302 e. The molecule has 0 aromatic carbocycles. The van der Waals surface area contributed by atoms with Gasteiger partial charge in [-0.3, -0.25) is 4.79 Å². The molecule has 1 aliphatic heterocycles. The lowest BCUT2D eigenvalue weighted by Crippen LogP contribution is -2.53. The SMILES string of the molecule is [2H]c1c(C)[nH]c2ncnc(N(C)[C@H]3CN(C(=O)C([2H])([2H])[N+]#[C-])CC[C@H]3C([2H])([2H])[2H])c12. The van der Waals surface area contributed by atoms with Crippen LogP contribution in [-0.4, -0.2) is 58.4 Å². The van der Waals surface area contributed by atoms with Gasteiger partial charge in [-0.15, -0.1) is 0 Å². The first kappa shape index (κ1) is 10.3. The standard InChI is InChI=1S/C17H22N6O/c1-11-5-6-23(15(24)8-18-3)9-14(11)22(4)17-13-7-12(2)21-16(13)19-10-20-17/h7,10-11,14H,5-6,8-9H2,1-2,4H3,(H,19,20,21)/t11-,14+/m1/s1/i1D3,7D,8D2. The molecule has 0 radical (unpaired) electrons. The largest absolute Gasteiger partial charge is 0.354 e. The van der Waals surface area contributed by atoms with Gasteiger partial charge in [0.15, 0.2) is 0 Å². The Kier molecular flexibility index (Phi) is 2.78. The molecule has 1 saturated heterocycles. The molecule has 7 nitrogen and oxygen atoms in total. The van der Waals surface area contributed by atoms with Crippen molar-refractivity contribution in [1.82, 2.24) is 19.9 Å². The maximum absolute atomic E-state index is 12.5. The van der Waals surface area contributed by atoms with Crippen LogP contribution < -0.4 is 4.90 Å². The Labute approximate surface area is 149 Å². The van der Waals surface area contributed by atoms with Crippen LogP contribution in [0.1, 0.15) is 27.2 Å². The van der Waals surface area contributed by atoms with Crippen molar-refractivity contribution in [3.05, 3.63) is 29.5 Å². The van der Waals surface area contributed by atoms with Crippen molar-refractivity contribution in [3.63, 3.8) is 0 Å². The van der Waals surface area contributed by atoms with Gasteiger partial charge in [-0.05, 0) is 25.3 Å². The van der Waals surface area contributed by atoms with E-state index in [0.29, 0.717) is 22.5 Å². The molecule has 0 spiro atoms. The Bertz CT molecular complexity index is 1010. The minimum absolute atomic E-state index is 0.0490. The lowest BCUT2D eigenvalue weighted by atomic mass is 9.92. The zero-order valence-corrected chi connectivity index (χ0v) is 13.5. The third-order valence-electron chi connectivity index (χ3n) is 4.30. The van der Waals surface area contributed by atoms with Crippen molar-refractivity contribution in [3.8, 4) is 0 Å². The maximum atomic E-state index is 12.5. The number of nitrogens with zero attached hydrogens (tertiary/aromatic N) is 5. The summed E-state index contributed by atoms with van der Waals surface area (Å²) in [5.41, 5.74) is 1.05. The number of rotatable bonds is 3. The molecule has 1 amide bonds. The number of carbonyl (C=O) groups is 1. The molecule has 2 aromatic heterocycles. The average molecular weight is 332 g/mol. The van der Waals surface area contributed by atoms with Gasteiger partial charge in [0.05, 0.1) is 12.8 Å². The van der Waals surface area contributed by atoms with E-state index in [4.69, 9.17) is 14.8 Å². The third-order valence-corrected chi connectivity index (χ3v) is 4.30. The molecular weight excluding hydrogens is 304 g/mol. The Morgan fingerprint density at radius 3 is 3.29 bits per heavy atom. The van der Waals surface area contributed by atoms with Gasteiger partial charge in [0.1, 0.15) is 20.5 Å². The van der Waals surface area contributed by atoms with Crippen molar-refractivity contribution in [1.29, 1.82) is 0 Å². The fourth-order valence-corrected chi connectivity index (χ4v) is 3.03. The zero-order valence-electron chi connectivity index (χ0n) is 19.5. The summed E-state index contributed by atoms with van der Waals surface area (Å²) in [5.74, 6) is -1.42. The van der Waals surface area contributed by atoms with Crippen molar-refractivity contribution >= 4 is 22.8 Å². The highest BCUT2D eigenvalue weighted by Gasteiger charge is 2.33. The number of anilines is 1. The lowest BCUT2D eigenvalue weighted by molar-refractivity contribution is -0.130. The molecule has 7 heteroatoms. The number of aromatic amines is 1. The van der Waals surface area contributed by atoms with Gasteiger partial charge in [0, 0.05) is 29.9 Å². The summed E-state index contributed by atoms with van der Waals surface area (Å²) >= 11 is 0. The molecule has 3 heterocycles. The predicted molar refractivity (Wildman–Crippen MR) is 92.6 cm³/mol. The number of hydrogen-bond acceptors (Lipinski definition) is 4. The number of fused-ring (bicyclic) bond motifs is 1. The van der Waals surface area contributed by atoms with Crippen LogP contribution in [0.25, 0.3) is 15.9 Å². The average Bonchev–Trinajstić information content (AvgIpc) is 2.99. The van der Waals surface area contributed by atoms with Gasteiger partial charge < -0.3 is 19.6 Å². The molecule has 0 saturated carbocycles. The van der Waals surface area contributed by atoms with E-state index in [2.05, 4.69) is 19.8 Å². The first-order valence-corrected chi connectivity index (χ1v) is 7.59. The summed E-state index contributed by atoms with van der Waals surface area (Å²) in [7, 11) is 1.64. The van der Waals surface area contributed by atoms with Gasteiger partial charge >= 0.3 is 5.91 Å².